The number of anilines is 1. The molecule has 1 fully saturated rings. The minimum absolute atomic E-state index is 0.0310. The maximum absolute atomic E-state index is 12.5. The van der Waals surface area contributed by atoms with Crippen LogP contribution in [0.15, 0.2) is 41.0 Å². The number of aryl methyl sites for hydroxylation is 1. The van der Waals surface area contributed by atoms with Crippen molar-refractivity contribution in [1.29, 1.82) is 0 Å². The van der Waals surface area contributed by atoms with Crippen molar-refractivity contribution in [1.82, 2.24) is 9.88 Å². The summed E-state index contributed by atoms with van der Waals surface area (Å²) in [6.07, 6.45) is 1.80. The van der Waals surface area contributed by atoms with Crippen LogP contribution in [0.25, 0.3) is 10.2 Å². The molecule has 1 aliphatic heterocycles. The van der Waals surface area contributed by atoms with Crippen LogP contribution >= 0.6 is 11.3 Å². The Morgan fingerprint density at radius 2 is 2.32 bits per heavy atom. The van der Waals surface area contributed by atoms with Gasteiger partial charge in [-0.3, -0.25) is 9.59 Å². The van der Waals surface area contributed by atoms with Crippen LogP contribution in [0.1, 0.15) is 17.7 Å². The molecule has 3 heterocycles. The number of hydrogen-bond acceptors (Lipinski definition) is 5. The second kappa shape index (κ2) is 6.33. The van der Waals surface area contributed by atoms with Crippen LogP contribution in [0.4, 0.5) is 5.13 Å². The fraction of sp³-hybridized carbons (Fsp3) is 0.278. The van der Waals surface area contributed by atoms with Crippen LogP contribution in [-0.4, -0.2) is 28.2 Å². The van der Waals surface area contributed by atoms with E-state index < -0.39 is 0 Å². The Kier molecular flexibility index (Phi) is 4.01. The first-order valence-electron chi connectivity index (χ1n) is 8.07. The molecule has 2 amide bonds. The summed E-state index contributed by atoms with van der Waals surface area (Å²) < 4.78 is 6.31. The second-order valence-corrected chi connectivity index (χ2v) is 7.26. The molecular weight excluding hydrogens is 338 g/mol. The molecule has 1 N–H and O–H groups in total. The van der Waals surface area contributed by atoms with Gasteiger partial charge in [-0.15, -0.1) is 0 Å². The molecule has 25 heavy (non-hydrogen) atoms. The lowest BCUT2D eigenvalue weighted by atomic mass is 10.1. The van der Waals surface area contributed by atoms with E-state index in [-0.39, 0.29) is 24.2 Å². The summed E-state index contributed by atoms with van der Waals surface area (Å²) in [4.78, 5) is 30.7. The van der Waals surface area contributed by atoms with Crippen molar-refractivity contribution in [2.75, 3.05) is 11.9 Å². The summed E-state index contributed by atoms with van der Waals surface area (Å²) in [5, 5.41) is 3.43. The molecule has 0 radical (unpaired) electrons. The Balaban J connectivity index is 1.43. The van der Waals surface area contributed by atoms with Gasteiger partial charge in [0.25, 0.3) is 0 Å². The lowest BCUT2D eigenvalue weighted by molar-refractivity contribution is -0.128. The van der Waals surface area contributed by atoms with Crippen LogP contribution < -0.4 is 5.32 Å². The maximum Gasteiger partial charge on any atom is 0.231 e. The molecule has 7 heteroatoms. The zero-order chi connectivity index (χ0) is 17.4. The molecule has 0 bridgehead atoms. The molecule has 0 unspecified atom stereocenters. The average molecular weight is 355 g/mol. The number of hydrogen-bond donors (Lipinski definition) is 1. The van der Waals surface area contributed by atoms with E-state index in [1.807, 2.05) is 31.2 Å². The van der Waals surface area contributed by atoms with Crippen molar-refractivity contribution in [2.24, 2.45) is 5.92 Å². The molecule has 1 aliphatic rings. The number of nitrogens with one attached hydrogen (secondary N) is 1. The standard InChI is InChI=1S/C18H17N3O3S/c1-11-4-5-14-15(7-11)25-18(19-14)20-17(23)12-8-16(22)21(9-12)10-13-3-2-6-24-13/h2-7,12H,8-10H2,1H3,(H,19,20,23)/t12-/m0/s1. The summed E-state index contributed by atoms with van der Waals surface area (Å²) in [5.41, 5.74) is 2.02. The summed E-state index contributed by atoms with van der Waals surface area (Å²) in [6.45, 7) is 2.82. The molecule has 6 nitrogen and oxygen atoms in total. The van der Waals surface area contributed by atoms with E-state index in [1.54, 1.807) is 17.2 Å². The van der Waals surface area contributed by atoms with Gasteiger partial charge < -0.3 is 14.6 Å². The van der Waals surface area contributed by atoms with Crippen molar-refractivity contribution in [2.45, 2.75) is 19.9 Å². The van der Waals surface area contributed by atoms with E-state index in [4.69, 9.17) is 4.42 Å². The van der Waals surface area contributed by atoms with Gasteiger partial charge >= 0.3 is 0 Å². The summed E-state index contributed by atoms with van der Waals surface area (Å²) >= 11 is 1.45. The molecule has 1 saturated heterocycles. The SMILES string of the molecule is Cc1ccc2nc(NC(=O)[C@H]3CC(=O)N(Cc4ccco4)C3)sc2c1. The Morgan fingerprint density at radius 1 is 1.44 bits per heavy atom. The second-order valence-electron chi connectivity index (χ2n) is 6.23. The third-order valence-corrected chi connectivity index (χ3v) is 5.22. The zero-order valence-electron chi connectivity index (χ0n) is 13.7. The van der Waals surface area contributed by atoms with Gasteiger partial charge in [-0.25, -0.2) is 4.98 Å². The number of aromatic nitrogens is 1. The number of thiazole rings is 1. The number of amides is 2. The molecule has 3 aromatic rings. The van der Waals surface area contributed by atoms with E-state index >= 15 is 0 Å². The Hall–Kier alpha value is -2.67. The largest absolute Gasteiger partial charge is 0.467 e. The topological polar surface area (TPSA) is 75.4 Å². The number of likely N-dealkylation sites (tertiary alicyclic amines) is 1. The van der Waals surface area contributed by atoms with E-state index in [0.29, 0.717) is 18.2 Å². The zero-order valence-corrected chi connectivity index (χ0v) is 14.5. The van der Waals surface area contributed by atoms with Crippen molar-refractivity contribution >= 4 is 38.5 Å². The number of furan rings is 1. The lowest BCUT2D eigenvalue weighted by Crippen LogP contribution is -2.27. The minimum Gasteiger partial charge on any atom is -0.467 e. The van der Waals surface area contributed by atoms with Crippen LogP contribution in [0.5, 0.6) is 0 Å². The van der Waals surface area contributed by atoms with Crippen molar-refractivity contribution in [3.8, 4) is 0 Å². The first kappa shape index (κ1) is 15.8. The number of benzene rings is 1. The quantitative estimate of drug-likeness (QED) is 0.780. The molecule has 1 atom stereocenters. The van der Waals surface area contributed by atoms with Crippen LogP contribution in [-0.2, 0) is 16.1 Å². The van der Waals surface area contributed by atoms with Gasteiger partial charge in [0.05, 0.1) is 28.9 Å². The lowest BCUT2D eigenvalue weighted by Gasteiger charge is -2.14. The summed E-state index contributed by atoms with van der Waals surface area (Å²) in [7, 11) is 0. The first-order chi connectivity index (χ1) is 12.1. The van der Waals surface area contributed by atoms with E-state index in [9.17, 15) is 9.59 Å². The van der Waals surface area contributed by atoms with Crippen LogP contribution in [0.2, 0.25) is 0 Å². The highest BCUT2D eigenvalue weighted by molar-refractivity contribution is 7.22. The van der Waals surface area contributed by atoms with Gasteiger partial charge in [-0.2, -0.15) is 0 Å². The summed E-state index contributed by atoms with van der Waals surface area (Å²) in [5.74, 6) is 0.162. The Bertz CT molecular complexity index is 932. The molecule has 4 rings (SSSR count). The number of fused-ring (bicyclic) bond motifs is 1. The Labute approximate surface area is 148 Å². The predicted octanol–water partition coefficient (Wildman–Crippen LogP) is 3.18. The number of carbonyl (C=O) groups excluding carboxylic acids is 2. The molecule has 0 saturated carbocycles. The van der Waals surface area contributed by atoms with E-state index in [0.717, 1.165) is 21.5 Å². The smallest absolute Gasteiger partial charge is 0.231 e. The molecule has 128 valence electrons. The summed E-state index contributed by atoms with van der Waals surface area (Å²) in [6, 6.07) is 9.60. The van der Waals surface area contributed by atoms with Gasteiger partial charge in [0, 0.05) is 13.0 Å². The average Bonchev–Trinajstić information content (AvgIpc) is 3.28. The molecule has 1 aromatic carbocycles. The van der Waals surface area contributed by atoms with E-state index in [2.05, 4.69) is 10.3 Å². The van der Waals surface area contributed by atoms with Gasteiger partial charge in [-0.05, 0) is 36.8 Å². The number of nitrogens with zero attached hydrogens (tertiary/aromatic N) is 2. The van der Waals surface area contributed by atoms with Gasteiger partial charge in [0.1, 0.15) is 5.76 Å². The predicted molar refractivity (Wildman–Crippen MR) is 95.2 cm³/mol. The van der Waals surface area contributed by atoms with Crippen LogP contribution in [0.3, 0.4) is 0 Å². The number of rotatable bonds is 4. The number of carbonyl (C=O) groups is 2. The molecule has 0 aliphatic carbocycles. The highest BCUT2D eigenvalue weighted by atomic mass is 32.1. The maximum atomic E-state index is 12.5. The molecule has 0 spiro atoms. The highest BCUT2D eigenvalue weighted by Gasteiger charge is 2.35. The third kappa shape index (κ3) is 3.28. The van der Waals surface area contributed by atoms with Gasteiger partial charge in [0.15, 0.2) is 5.13 Å². The van der Waals surface area contributed by atoms with Gasteiger partial charge in [-0.1, -0.05) is 17.4 Å². The molecule has 2 aromatic heterocycles. The van der Waals surface area contributed by atoms with Crippen molar-refractivity contribution in [3.05, 3.63) is 47.9 Å². The van der Waals surface area contributed by atoms with Gasteiger partial charge in [0.2, 0.25) is 11.8 Å². The highest BCUT2D eigenvalue weighted by Crippen LogP contribution is 2.28. The van der Waals surface area contributed by atoms with E-state index in [1.165, 1.54) is 11.3 Å². The normalized spacial score (nSPS) is 17.4. The van der Waals surface area contributed by atoms with Crippen LogP contribution in [0, 0.1) is 12.8 Å². The minimum atomic E-state index is -0.365. The molecular formula is C18H17N3O3S. The third-order valence-electron chi connectivity index (χ3n) is 4.29. The van der Waals surface area contributed by atoms with Crippen molar-refractivity contribution < 1.29 is 14.0 Å². The van der Waals surface area contributed by atoms with Crippen molar-refractivity contribution in [3.63, 3.8) is 0 Å². The monoisotopic (exact) mass is 355 g/mol. The Morgan fingerprint density at radius 3 is 3.12 bits per heavy atom. The first-order valence-corrected chi connectivity index (χ1v) is 8.88. The fourth-order valence-electron chi connectivity index (χ4n) is 2.98. The fourth-order valence-corrected chi connectivity index (χ4v) is 3.95.